The fourth-order valence-corrected chi connectivity index (χ4v) is 2.33. The maximum absolute atomic E-state index is 12.3. The van der Waals surface area contributed by atoms with Crippen LogP contribution in [0.1, 0.15) is 17.3 Å². The Morgan fingerprint density at radius 2 is 1.77 bits per heavy atom. The van der Waals surface area contributed by atoms with Gasteiger partial charge in [-0.05, 0) is 49.4 Å². The third kappa shape index (κ3) is 3.89. The Labute approximate surface area is 148 Å². The summed E-state index contributed by atoms with van der Waals surface area (Å²) in [6, 6.07) is 14.2. The van der Waals surface area contributed by atoms with Crippen molar-refractivity contribution in [3.63, 3.8) is 0 Å². The Kier molecular flexibility index (Phi) is 4.70. The molecule has 1 heterocycles. The first-order valence-corrected chi connectivity index (χ1v) is 7.84. The molecule has 1 aromatic heterocycles. The van der Waals surface area contributed by atoms with Gasteiger partial charge in [-0.2, -0.15) is 0 Å². The molecular formula is C19H16N2O5. The first-order chi connectivity index (χ1) is 12.4. The van der Waals surface area contributed by atoms with Crippen LogP contribution < -0.4 is 21.4 Å². The molecule has 7 nitrogen and oxygen atoms in total. The minimum Gasteiger partial charge on any atom is -0.481 e. The Hall–Kier alpha value is -3.61. The lowest BCUT2D eigenvalue weighted by atomic mass is 10.2. The van der Waals surface area contributed by atoms with Crippen molar-refractivity contribution < 1.29 is 18.7 Å². The molecule has 0 saturated carbocycles. The molecule has 3 rings (SSSR count). The molecule has 1 atom stereocenters. The Morgan fingerprint density at radius 3 is 2.46 bits per heavy atom. The minimum atomic E-state index is -0.793. The van der Waals surface area contributed by atoms with Crippen LogP contribution in [0.3, 0.4) is 0 Å². The van der Waals surface area contributed by atoms with Crippen LogP contribution in [0.5, 0.6) is 5.75 Å². The number of carbonyl (C=O) groups is 2. The van der Waals surface area contributed by atoms with Crippen molar-refractivity contribution in [2.45, 2.75) is 13.0 Å². The largest absolute Gasteiger partial charge is 0.481 e. The number of carbonyl (C=O) groups excluding carboxylic acids is 2. The normalized spacial score (nSPS) is 11.7. The van der Waals surface area contributed by atoms with Crippen LogP contribution in [0.2, 0.25) is 0 Å². The van der Waals surface area contributed by atoms with Gasteiger partial charge in [-0.15, -0.1) is 0 Å². The van der Waals surface area contributed by atoms with Gasteiger partial charge in [0.1, 0.15) is 11.3 Å². The Bertz CT molecular complexity index is 1020. The monoisotopic (exact) mass is 352 g/mol. The van der Waals surface area contributed by atoms with E-state index in [1.807, 2.05) is 0 Å². The summed E-state index contributed by atoms with van der Waals surface area (Å²) in [6.07, 6.45) is -0.793. The quantitative estimate of drug-likeness (QED) is 0.684. The number of hydrogen-bond donors (Lipinski definition) is 2. The number of nitrogens with one attached hydrogen (secondary N) is 1. The zero-order chi connectivity index (χ0) is 18.7. The smallest absolute Gasteiger partial charge is 0.336 e. The van der Waals surface area contributed by atoms with Crippen LogP contribution >= 0.6 is 0 Å². The number of hydrogen-bond acceptors (Lipinski definition) is 5. The number of benzene rings is 2. The van der Waals surface area contributed by atoms with E-state index in [9.17, 15) is 14.4 Å². The maximum Gasteiger partial charge on any atom is 0.336 e. The second-order valence-electron chi connectivity index (χ2n) is 5.64. The van der Waals surface area contributed by atoms with E-state index in [2.05, 4.69) is 5.32 Å². The van der Waals surface area contributed by atoms with E-state index in [1.165, 1.54) is 18.2 Å². The first kappa shape index (κ1) is 17.2. The lowest BCUT2D eigenvalue weighted by molar-refractivity contribution is -0.122. The summed E-state index contributed by atoms with van der Waals surface area (Å²) < 4.78 is 10.7. The molecule has 0 spiro atoms. The molecule has 0 saturated heterocycles. The molecule has 0 aliphatic rings. The van der Waals surface area contributed by atoms with E-state index >= 15 is 0 Å². The van der Waals surface area contributed by atoms with E-state index in [0.29, 0.717) is 22.6 Å². The SMILES string of the molecule is C[C@H](Oc1ccc2ccc(=O)oc2c1)C(=O)Nc1ccc(C(N)=O)cc1. The van der Waals surface area contributed by atoms with Gasteiger partial charge >= 0.3 is 5.63 Å². The van der Waals surface area contributed by atoms with Gasteiger partial charge in [0.15, 0.2) is 6.10 Å². The van der Waals surface area contributed by atoms with Crippen LogP contribution in [-0.2, 0) is 4.79 Å². The summed E-state index contributed by atoms with van der Waals surface area (Å²) >= 11 is 0. The fourth-order valence-electron chi connectivity index (χ4n) is 2.33. The van der Waals surface area contributed by atoms with Gasteiger partial charge in [0.25, 0.3) is 5.91 Å². The molecule has 2 aromatic carbocycles. The highest BCUT2D eigenvalue weighted by Gasteiger charge is 2.15. The number of primary amides is 1. The predicted molar refractivity (Wildman–Crippen MR) is 96.2 cm³/mol. The molecule has 3 aromatic rings. The number of amides is 2. The zero-order valence-electron chi connectivity index (χ0n) is 13.9. The lowest BCUT2D eigenvalue weighted by Crippen LogP contribution is -2.30. The van der Waals surface area contributed by atoms with Crippen molar-refractivity contribution in [1.29, 1.82) is 0 Å². The molecule has 3 N–H and O–H groups in total. The second-order valence-corrected chi connectivity index (χ2v) is 5.64. The van der Waals surface area contributed by atoms with Gasteiger partial charge in [-0.1, -0.05) is 0 Å². The summed E-state index contributed by atoms with van der Waals surface area (Å²) in [6.45, 7) is 1.60. The molecule has 7 heteroatoms. The second kappa shape index (κ2) is 7.10. The van der Waals surface area contributed by atoms with Crippen molar-refractivity contribution >= 4 is 28.5 Å². The highest BCUT2D eigenvalue weighted by molar-refractivity contribution is 5.96. The molecule has 0 radical (unpaired) electrons. The van der Waals surface area contributed by atoms with E-state index in [0.717, 1.165) is 5.39 Å². The van der Waals surface area contributed by atoms with E-state index < -0.39 is 17.6 Å². The summed E-state index contributed by atoms with van der Waals surface area (Å²) in [5, 5.41) is 3.44. The van der Waals surface area contributed by atoms with Crippen LogP contribution in [0.25, 0.3) is 11.0 Å². The number of rotatable bonds is 5. The highest BCUT2D eigenvalue weighted by Crippen LogP contribution is 2.21. The molecular weight excluding hydrogens is 336 g/mol. The Balaban J connectivity index is 1.68. The average Bonchev–Trinajstić information content (AvgIpc) is 2.61. The molecule has 2 amide bonds. The standard InChI is InChI=1S/C19H16N2O5/c1-11(19(24)21-14-6-2-13(3-7-14)18(20)23)25-15-8-4-12-5-9-17(22)26-16(12)10-15/h2-11H,1H3,(H2,20,23)(H,21,24)/t11-/m0/s1. The van der Waals surface area contributed by atoms with Crippen LogP contribution in [-0.4, -0.2) is 17.9 Å². The molecule has 0 fully saturated rings. The molecule has 0 aliphatic carbocycles. The van der Waals surface area contributed by atoms with Crippen LogP contribution in [0, 0.1) is 0 Å². The van der Waals surface area contributed by atoms with Gasteiger partial charge in [-0.3, -0.25) is 9.59 Å². The average molecular weight is 352 g/mol. The third-order valence-electron chi connectivity index (χ3n) is 3.71. The van der Waals surface area contributed by atoms with E-state index in [-0.39, 0.29) is 5.91 Å². The van der Waals surface area contributed by atoms with Crippen molar-refractivity contribution in [3.8, 4) is 5.75 Å². The maximum atomic E-state index is 12.3. The topological polar surface area (TPSA) is 112 Å². The van der Waals surface area contributed by atoms with Crippen LogP contribution in [0.15, 0.2) is 63.8 Å². The van der Waals surface area contributed by atoms with Crippen molar-refractivity contribution in [3.05, 3.63) is 70.6 Å². The van der Waals surface area contributed by atoms with E-state index in [4.69, 9.17) is 14.9 Å². The fraction of sp³-hybridized carbons (Fsp3) is 0.105. The molecule has 0 bridgehead atoms. The Morgan fingerprint density at radius 1 is 1.08 bits per heavy atom. The summed E-state index contributed by atoms with van der Waals surface area (Å²) in [5.41, 5.74) is 5.96. The van der Waals surface area contributed by atoms with Gasteiger partial charge < -0.3 is 20.2 Å². The van der Waals surface area contributed by atoms with Crippen molar-refractivity contribution in [2.75, 3.05) is 5.32 Å². The first-order valence-electron chi connectivity index (χ1n) is 7.84. The van der Waals surface area contributed by atoms with Crippen LogP contribution in [0.4, 0.5) is 5.69 Å². The van der Waals surface area contributed by atoms with Gasteiger partial charge in [0, 0.05) is 28.8 Å². The van der Waals surface area contributed by atoms with Crippen molar-refractivity contribution in [2.24, 2.45) is 5.73 Å². The highest BCUT2D eigenvalue weighted by atomic mass is 16.5. The molecule has 0 unspecified atom stereocenters. The number of ether oxygens (including phenoxy) is 1. The molecule has 0 aliphatic heterocycles. The number of nitrogens with two attached hydrogens (primary N) is 1. The predicted octanol–water partition coefficient (Wildman–Crippen LogP) is 2.30. The van der Waals surface area contributed by atoms with Crippen molar-refractivity contribution in [1.82, 2.24) is 0 Å². The van der Waals surface area contributed by atoms with Gasteiger partial charge in [-0.25, -0.2) is 4.79 Å². The van der Waals surface area contributed by atoms with E-state index in [1.54, 1.807) is 43.3 Å². The third-order valence-corrected chi connectivity index (χ3v) is 3.71. The summed E-state index contributed by atoms with van der Waals surface area (Å²) in [4.78, 5) is 34.6. The molecule has 132 valence electrons. The zero-order valence-corrected chi connectivity index (χ0v) is 13.9. The summed E-state index contributed by atoms with van der Waals surface area (Å²) in [7, 11) is 0. The van der Waals surface area contributed by atoms with Gasteiger partial charge in [0.05, 0.1) is 0 Å². The lowest BCUT2D eigenvalue weighted by Gasteiger charge is -2.15. The number of anilines is 1. The van der Waals surface area contributed by atoms with Gasteiger partial charge in [0.2, 0.25) is 5.91 Å². The number of fused-ring (bicyclic) bond motifs is 1. The minimum absolute atomic E-state index is 0.352. The molecule has 26 heavy (non-hydrogen) atoms. The summed E-state index contributed by atoms with van der Waals surface area (Å²) in [5.74, 6) is -0.507.